The van der Waals surface area contributed by atoms with Gasteiger partial charge >= 0.3 is 6.18 Å². The number of aromatic nitrogens is 1. The molecule has 2 aromatic carbocycles. The number of sulfonamides is 1. The maximum absolute atomic E-state index is 12.9. The Morgan fingerprint density at radius 1 is 0.929 bits per heavy atom. The van der Waals surface area contributed by atoms with Crippen molar-refractivity contribution in [2.45, 2.75) is 24.0 Å². The maximum atomic E-state index is 12.9. The molecule has 3 rings (SSSR count). The van der Waals surface area contributed by atoms with E-state index in [2.05, 4.69) is 9.71 Å². The molecule has 0 radical (unpaired) electrons. The molecule has 0 fully saturated rings. The van der Waals surface area contributed by atoms with Crippen LogP contribution in [0.15, 0.2) is 78.0 Å². The minimum absolute atomic E-state index is 0.431. The standard InChI is InChI=1S/C20H17F3N2O2S/c1-14(16-4-2-5-17(12-16)15-8-10-24-11-9-15)25-28(26,27)19-7-3-6-18(13-19)20(21,22)23/h2-14,25H,1H3/t14-/m0/s1. The zero-order valence-corrected chi connectivity index (χ0v) is 15.6. The van der Waals surface area contributed by atoms with Crippen LogP contribution in [-0.2, 0) is 16.2 Å². The lowest BCUT2D eigenvalue weighted by molar-refractivity contribution is -0.137. The van der Waals surface area contributed by atoms with Crippen molar-refractivity contribution in [3.63, 3.8) is 0 Å². The Morgan fingerprint density at radius 3 is 2.29 bits per heavy atom. The Morgan fingerprint density at radius 2 is 1.61 bits per heavy atom. The SMILES string of the molecule is C[C@H](NS(=O)(=O)c1cccc(C(F)(F)F)c1)c1cccc(-c2ccncc2)c1. The number of alkyl halides is 3. The van der Waals surface area contributed by atoms with Gasteiger partial charge in [0.2, 0.25) is 10.0 Å². The van der Waals surface area contributed by atoms with Gasteiger partial charge in [0.1, 0.15) is 0 Å². The van der Waals surface area contributed by atoms with Gasteiger partial charge in [0.05, 0.1) is 10.5 Å². The van der Waals surface area contributed by atoms with Gasteiger partial charge in [0.15, 0.2) is 0 Å². The van der Waals surface area contributed by atoms with E-state index in [-0.39, 0.29) is 0 Å². The number of pyridine rings is 1. The molecule has 0 aliphatic rings. The van der Waals surface area contributed by atoms with Gasteiger partial charge < -0.3 is 0 Å². The fraction of sp³-hybridized carbons (Fsp3) is 0.150. The normalized spacial score (nSPS) is 13.3. The quantitative estimate of drug-likeness (QED) is 0.662. The molecule has 0 saturated carbocycles. The highest BCUT2D eigenvalue weighted by atomic mass is 32.2. The summed E-state index contributed by atoms with van der Waals surface area (Å²) in [5.74, 6) is 0. The Kier molecular flexibility index (Phi) is 5.53. The molecular weight excluding hydrogens is 389 g/mol. The molecule has 1 heterocycles. The van der Waals surface area contributed by atoms with Crippen molar-refractivity contribution < 1.29 is 21.6 Å². The lowest BCUT2D eigenvalue weighted by Gasteiger charge is -2.16. The van der Waals surface area contributed by atoms with Crippen molar-refractivity contribution in [2.24, 2.45) is 0 Å². The average Bonchev–Trinajstić information content (AvgIpc) is 2.68. The van der Waals surface area contributed by atoms with Crippen LogP contribution in [0.4, 0.5) is 13.2 Å². The summed E-state index contributed by atoms with van der Waals surface area (Å²) in [6.07, 6.45) is -1.31. The Hall–Kier alpha value is -2.71. The molecule has 0 saturated heterocycles. The zero-order chi connectivity index (χ0) is 20.4. The molecule has 1 N–H and O–H groups in total. The van der Waals surface area contributed by atoms with Gasteiger partial charge in [-0.2, -0.15) is 13.2 Å². The van der Waals surface area contributed by atoms with Crippen molar-refractivity contribution in [1.29, 1.82) is 0 Å². The van der Waals surface area contributed by atoms with E-state index in [0.29, 0.717) is 11.6 Å². The second-order valence-corrected chi connectivity index (χ2v) is 7.94. The number of nitrogens with zero attached hydrogens (tertiary/aromatic N) is 1. The fourth-order valence-electron chi connectivity index (χ4n) is 2.74. The first kappa shape index (κ1) is 20.0. The molecule has 28 heavy (non-hydrogen) atoms. The van der Waals surface area contributed by atoms with Gasteiger partial charge in [-0.15, -0.1) is 0 Å². The minimum atomic E-state index is -4.62. The Balaban J connectivity index is 1.86. The van der Waals surface area contributed by atoms with Gasteiger partial charge in [-0.25, -0.2) is 13.1 Å². The smallest absolute Gasteiger partial charge is 0.265 e. The van der Waals surface area contributed by atoms with Crippen LogP contribution in [-0.4, -0.2) is 13.4 Å². The van der Waals surface area contributed by atoms with E-state index in [1.807, 2.05) is 24.3 Å². The predicted molar refractivity (Wildman–Crippen MR) is 99.9 cm³/mol. The van der Waals surface area contributed by atoms with E-state index >= 15 is 0 Å². The average molecular weight is 406 g/mol. The summed E-state index contributed by atoms with van der Waals surface area (Å²) in [7, 11) is -4.13. The first-order chi connectivity index (χ1) is 13.2. The molecule has 1 aromatic heterocycles. The van der Waals surface area contributed by atoms with E-state index in [4.69, 9.17) is 0 Å². The first-order valence-electron chi connectivity index (χ1n) is 8.37. The highest BCUT2D eigenvalue weighted by molar-refractivity contribution is 7.89. The van der Waals surface area contributed by atoms with Gasteiger partial charge in [0.25, 0.3) is 0 Å². The largest absolute Gasteiger partial charge is 0.416 e. The molecule has 0 bridgehead atoms. The number of rotatable bonds is 5. The third kappa shape index (κ3) is 4.58. The van der Waals surface area contributed by atoms with E-state index in [1.165, 1.54) is 0 Å². The van der Waals surface area contributed by atoms with E-state index in [9.17, 15) is 21.6 Å². The molecule has 1 atom stereocenters. The summed E-state index contributed by atoms with van der Waals surface area (Å²) in [4.78, 5) is 3.53. The van der Waals surface area contributed by atoms with Gasteiger partial charge in [-0.3, -0.25) is 4.98 Å². The molecule has 0 amide bonds. The van der Waals surface area contributed by atoms with Crippen molar-refractivity contribution >= 4 is 10.0 Å². The van der Waals surface area contributed by atoms with Crippen LogP contribution in [0.2, 0.25) is 0 Å². The number of hydrogen-bond donors (Lipinski definition) is 1. The molecule has 0 spiro atoms. The van der Waals surface area contributed by atoms with Crippen molar-refractivity contribution in [1.82, 2.24) is 9.71 Å². The van der Waals surface area contributed by atoms with Crippen LogP contribution in [0.5, 0.6) is 0 Å². The van der Waals surface area contributed by atoms with Gasteiger partial charge in [-0.05, 0) is 60.0 Å². The summed E-state index contributed by atoms with van der Waals surface area (Å²) in [5.41, 5.74) is 1.47. The van der Waals surface area contributed by atoms with Crippen LogP contribution < -0.4 is 4.72 Å². The summed E-state index contributed by atoms with van der Waals surface area (Å²) >= 11 is 0. The highest BCUT2D eigenvalue weighted by Crippen LogP contribution is 2.31. The Bertz CT molecular complexity index is 1070. The van der Waals surface area contributed by atoms with E-state index in [1.54, 1.807) is 31.5 Å². The van der Waals surface area contributed by atoms with Crippen molar-refractivity contribution in [3.8, 4) is 11.1 Å². The summed E-state index contributed by atoms with van der Waals surface area (Å²) < 4.78 is 66.2. The minimum Gasteiger partial charge on any atom is -0.265 e. The summed E-state index contributed by atoms with van der Waals surface area (Å²) in [5, 5.41) is 0. The number of nitrogens with one attached hydrogen (secondary N) is 1. The maximum Gasteiger partial charge on any atom is 0.416 e. The zero-order valence-electron chi connectivity index (χ0n) is 14.8. The molecule has 4 nitrogen and oxygen atoms in total. The van der Waals surface area contributed by atoms with E-state index < -0.39 is 32.7 Å². The van der Waals surface area contributed by atoms with Crippen LogP contribution in [0.25, 0.3) is 11.1 Å². The molecule has 0 aliphatic heterocycles. The van der Waals surface area contributed by atoms with Crippen molar-refractivity contribution in [3.05, 3.63) is 84.2 Å². The lowest BCUT2D eigenvalue weighted by Crippen LogP contribution is -2.27. The van der Waals surface area contributed by atoms with Crippen LogP contribution in [0, 0.1) is 0 Å². The van der Waals surface area contributed by atoms with Crippen LogP contribution >= 0.6 is 0 Å². The molecule has 0 unspecified atom stereocenters. The second-order valence-electron chi connectivity index (χ2n) is 6.23. The molecule has 3 aromatic rings. The molecule has 146 valence electrons. The van der Waals surface area contributed by atoms with Crippen molar-refractivity contribution in [2.75, 3.05) is 0 Å². The van der Waals surface area contributed by atoms with Crippen LogP contribution in [0.3, 0.4) is 0 Å². The summed E-state index contributed by atoms with van der Waals surface area (Å²) in [6, 6.07) is 14.0. The summed E-state index contributed by atoms with van der Waals surface area (Å²) in [6.45, 7) is 1.64. The lowest BCUT2D eigenvalue weighted by atomic mass is 10.0. The topological polar surface area (TPSA) is 59.1 Å². The third-order valence-corrected chi connectivity index (χ3v) is 5.74. The number of hydrogen-bond acceptors (Lipinski definition) is 3. The number of benzene rings is 2. The molecular formula is C20H17F3N2O2S. The Labute approximate surface area is 161 Å². The second kappa shape index (κ2) is 7.73. The fourth-order valence-corrected chi connectivity index (χ4v) is 4.02. The van der Waals surface area contributed by atoms with Crippen LogP contribution in [0.1, 0.15) is 24.1 Å². The monoisotopic (exact) mass is 406 g/mol. The first-order valence-corrected chi connectivity index (χ1v) is 9.85. The third-order valence-electron chi connectivity index (χ3n) is 4.20. The molecule has 8 heteroatoms. The highest BCUT2D eigenvalue weighted by Gasteiger charge is 2.32. The van der Waals surface area contributed by atoms with Gasteiger partial charge in [0, 0.05) is 18.4 Å². The molecule has 0 aliphatic carbocycles. The van der Waals surface area contributed by atoms with E-state index in [0.717, 1.165) is 29.3 Å². The predicted octanol–water partition coefficient (Wildman–Crippen LogP) is 4.81. The van der Waals surface area contributed by atoms with Gasteiger partial charge in [-0.1, -0.05) is 24.3 Å². The number of halogens is 3.